The monoisotopic (exact) mass is 255 g/mol. The predicted octanol–water partition coefficient (Wildman–Crippen LogP) is 3.28. The van der Waals surface area contributed by atoms with Gasteiger partial charge in [0.15, 0.2) is 0 Å². The smallest absolute Gasteiger partial charge is 0.0594 e. The second-order valence-corrected chi connectivity index (χ2v) is 5.42. The van der Waals surface area contributed by atoms with Gasteiger partial charge in [-0.25, -0.2) is 0 Å². The highest BCUT2D eigenvalue weighted by Crippen LogP contribution is 2.22. The van der Waals surface area contributed by atoms with E-state index in [0.29, 0.717) is 5.92 Å². The molecule has 100 valence electrons. The number of hydrogen-bond donors (Lipinski definition) is 0. The summed E-state index contributed by atoms with van der Waals surface area (Å²) in [5.41, 5.74) is 1.44. The molecule has 0 amide bonds. The number of hydrogen-bond acceptors (Lipinski definition) is 2. The fourth-order valence-electron chi connectivity index (χ4n) is 2.79. The third-order valence-corrected chi connectivity index (χ3v) is 3.98. The van der Waals surface area contributed by atoms with E-state index in [1.807, 2.05) is 0 Å². The van der Waals surface area contributed by atoms with E-state index in [-0.39, 0.29) is 0 Å². The van der Waals surface area contributed by atoms with Gasteiger partial charge in [-0.1, -0.05) is 49.4 Å². The topological polar surface area (TPSA) is 12.5 Å². The van der Waals surface area contributed by atoms with Gasteiger partial charge in [-0.3, -0.25) is 4.90 Å². The van der Waals surface area contributed by atoms with Crippen molar-refractivity contribution in [3.63, 3.8) is 0 Å². The van der Waals surface area contributed by atoms with Crippen LogP contribution in [-0.4, -0.2) is 37.7 Å². The molecule has 2 heteroatoms. The normalized spacial score (nSPS) is 18.6. The molecule has 0 aliphatic carbocycles. The van der Waals surface area contributed by atoms with Gasteiger partial charge in [0.05, 0.1) is 13.2 Å². The first-order valence-electron chi connectivity index (χ1n) is 7.12. The van der Waals surface area contributed by atoms with Crippen LogP contribution in [0.4, 0.5) is 0 Å². The molecule has 0 aromatic heterocycles. The van der Waals surface area contributed by atoms with Crippen LogP contribution in [0.1, 0.15) is 18.4 Å². The highest BCUT2D eigenvalue weighted by Gasteiger charge is 2.14. The number of nitrogens with zero attached hydrogens (tertiary/aromatic N) is 1. The Morgan fingerprint density at radius 1 is 1.05 bits per heavy atom. The lowest BCUT2D eigenvalue weighted by molar-refractivity contribution is 0.0357. The number of rotatable bonds is 3. The highest BCUT2D eigenvalue weighted by molar-refractivity contribution is 5.83. The third kappa shape index (κ3) is 2.96. The minimum absolute atomic E-state index is 0.572. The SMILES string of the molecule is CC(CN1CCOCC1)c1ccc2ccccc2c1. The Bertz CT molecular complexity index is 546. The van der Waals surface area contributed by atoms with Crippen molar-refractivity contribution in [1.29, 1.82) is 0 Å². The van der Waals surface area contributed by atoms with Crippen molar-refractivity contribution >= 4 is 10.8 Å². The van der Waals surface area contributed by atoms with E-state index in [4.69, 9.17) is 4.74 Å². The van der Waals surface area contributed by atoms with E-state index in [9.17, 15) is 0 Å². The summed E-state index contributed by atoms with van der Waals surface area (Å²) in [6, 6.07) is 15.4. The molecule has 3 rings (SSSR count). The summed E-state index contributed by atoms with van der Waals surface area (Å²) in [6.45, 7) is 7.34. The van der Waals surface area contributed by atoms with Gasteiger partial charge in [0, 0.05) is 19.6 Å². The Labute approximate surface area is 115 Å². The van der Waals surface area contributed by atoms with Crippen LogP contribution in [0.15, 0.2) is 42.5 Å². The number of benzene rings is 2. The van der Waals surface area contributed by atoms with E-state index < -0.39 is 0 Å². The Kier molecular flexibility index (Phi) is 3.81. The van der Waals surface area contributed by atoms with Crippen LogP contribution in [0.5, 0.6) is 0 Å². The van der Waals surface area contributed by atoms with Crippen molar-refractivity contribution in [3.8, 4) is 0 Å². The Hall–Kier alpha value is -1.38. The zero-order valence-electron chi connectivity index (χ0n) is 11.5. The summed E-state index contributed by atoms with van der Waals surface area (Å²) in [6.07, 6.45) is 0. The fourth-order valence-corrected chi connectivity index (χ4v) is 2.79. The minimum Gasteiger partial charge on any atom is -0.379 e. The lowest BCUT2D eigenvalue weighted by Gasteiger charge is -2.29. The molecule has 0 bridgehead atoms. The van der Waals surface area contributed by atoms with Gasteiger partial charge in [-0.15, -0.1) is 0 Å². The molecule has 1 aliphatic heterocycles. The maximum Gasteiger partial charge on any atom is 0.0594 e. The lowest BCUT2D eigenvalue weighted by atomic mass is 9.97. The van der Waals surface area contributed by atoms with Crippen LogP contribution in [0, 0.1) is 0 Å². The zero-order chi connectivity index (χ0) is 13.1. The van der Waals surface area contributed by atoms with Crippen LogP contribution >= 0.6 is 0 Å². The molecular weight excluding hydrogens is 234 g/mol. The molecule has 0 radical (unpaired) electrons. The number of morpholine rings is 1. The summed E-state index contributed by atoms with van der Waals surface area (Å²) in [4.78, 5) is 2.50. The molecule has 2 aromatic carbocycles. The number of ether oxygens (including phenoxy) is 1. The molecular formula is C17H21NO. The molecule has 2 aromatic rings. The Morgan fingerprint density at radius 2 is 1.79 bits per heavy atom. The van der Waals surface area contributed by atoms with Gasteiger partial charge >= 0.3 is 0 Å². The van der Waals surface area contributed by atoms with Crippen molar-refractivity contribution in [1.82, 2.24) is 4.90 Å². The maximum atomic E-state index is 5.40. The summed E-state index contributed by atoms with van der Waals surface area (Å²) < 4.78 is 5.40. The lowest BCUT2D eigenvalue weighted by Crippen LogP contribution is -2.38. The second-order valence-electron chi connectivity index (χ2n) is 5.42. The van der Waals surface area contributed by atoms with Gasteiger partial charge in [-0.05, 0) is 22.3 Å². The maximum absolute atomic E-state index is 5.40. The Balaban J connectivity index is 1.75. The number of fused-ring (bicyclic) bond motifs is 1. The molecule has 1 saturated heterocycles. The molecule has 1 atom stereocenters. The van der Waals surface area contributed by atoms with Crippen molar-refractivity contribution in [3.05, 3.63) is 48.0 Å². The summed E-state index contributed by atoms with van der Waals surface area (Å²) >= 11 is 0. The van der Waals surface area contributed by atoms with Crippen LogP contribution in [-0.2, 0) is 4.74 Å². The zero-order valence-corrected chi connectivity index (χ0v) is 11.5. The molecule has 1 unspecified atom stereocenters. The molecule has 0 spiro atoms. The van der Waals surface area contributed by atoms with Crippen molar-refractivity contribution in [2.24, 2.45) is 0 Å². The average Bonchev–Trinajstić information content (AvgIpc) is 2.48. The quantitative estimate of drug-likeness (QED) is 0.834. The van der Waals surface area contributed by atoms with Gasteiger partial charge in [0.2, 0.25) is 0 Å². The van der Waals surface area contributed by atoms with Gasteiger partial charge in [0.1, 0.15) is 0 Å². The molecule has 0 N–H and O–H groups in total. The largest absolute Gasteiger partial charge is 0.379 e. The first-order chi connectivity index (χ1) is 9.33. The van der Waals surface area contributed by atoms with Crippen LogP contribution in [0.2, 0.25) is 0 Å². The molecule has 1 aliphatic rings. The molecule has 2 nitrogen and oxygen atoms in total. The molecule has 1 heterocycles. The van der Waals surface area contributed by atoms with Gasteiger partial charge in [0.25, 0.3) is 0 Å². The molecule has 0 saturated carbocycles. The van der Waals surface area contributed by atoms with E-state index in [2.05, 4.69) is 54.3 Å². The summed E-state index contributed by atoms with van der Waals surface area (Å²) in [5, 5.41) is 2.67. The van der Waals surface area contributed by atoms with Crippen LogP contribution in [0.25, 0.3) is 10.8 Å². The van der Waals surface area contributed by atoms with Crippen molar-refractivity contribution in [2.75, 3.05) is 32.8 Å². The van der Waals surface area contributed by atoms with Crippen molar-refractivity contribution in [2.45, 2.75) is 12.8 Å². The fraction of sp³-hybridized carbons (Fsp3) is 0.412. The Morgan fingerprint density at radius 3 is 2.58 bits per heavy atom. The predicted molar refractivity (Wildman–Crippen MR) is 79.6 cm³/mol. The highest BCUT2D eigenvalue weighted by atomic mass is 16.5. The molecule has 19 heavy (non-hydrogen) atoms. The third-order valence-electron chi connectivity index (χ3n) is 3.98. The van der Waals surface area contributed by atoms with Crippen LogP contribution < -0.4 is 0 Å². The van der Waals surface area contributed by atoms with Crippen molar-refractivity contribution < 1.29 is 4.74 Å². The van der Waals surface area contributed by atoms with Crippen LogP contribution in [0.3, 0.4) is 0 Å². The first-order valence-corrected chi connectivity index (χ1v) is 7.12. The van der Waals surface area contributed by atoms with E-state index >= 15 is 0 Å². The van der Waals surface area contributed by atoms with Gasteiger partial charge < -0.3 is 4.74 Å². The summed E-state index contributed by atoms with van der Waals surface area (Å²) in [5.74, 6) is 0.572. The summed E-state index contributed by atoms with van der Waals surface area (Å²) in [7, 11) is 0. The standard InChI is InChI=1S/C17H21NO/c1-14(13-18-8-10-19-11-9-18)16-7-6-15-4-2-3-5-17(15)12-16/h2-7,12,14H,8-11,13H2,1H3. The van der Waals surface area contributed by atoms with E-state index in [0.717, 1.165) is 32.8 Å². The second kappa shape index (κ2) is 5.72. The average molecular weight is 255 g/mol. The first kappa shape index (κ1) is 12.6. The van der Waals surface area contributed by atoms with E-state index in [1.165, 1.54) is 16.3 Å². The van der Waals surface area contributed by atoms with E-state index in [1.54, 1.807) is 0 Å². The van der Waals surface area contributed by atoms with Gasteiger partial charge in [-0.2, -0.15) is 0 Å². The minimum atomic E-state index is 0.572. The molecule has 1 fully saturated rings.